The lowest BCUT2D eigenvalue weighted by Gasteiger charge is -2.19. The highest BCUT2D eigenvalue weighted by molar-refractivity contribution is 5.82. The average molecular weight is 270 g/mol. The molecular formula is C16H18N2O2. The standard InChI is InChI=1S/C16H18N2O2/c1-2-14(12-7-4-3-5-8-12)18-16(20)15(19)13-9-6-10-17-11-13/h3-11,14-15,19H,2H2,1H3,(H,18,20)/t14-,15-/m0/s1. The van der Waals surface area contributed by atoms with Crippen LogP contribution in [0.4, 0.5) is 0 Å². The predicted octanol–water partition coefficient (Wildman–Crippen LogP) is 2.38. The van der Waals surface area contributed by atoms with Crippen LogP contribution >= 0.6 is 0 Å². The Labute approximate surface area is 118 Å². The fraction of sp³-hybridized carbons (Fsp3) is 0.250. The highest BCUT2D eigenvalue weighted by Gasteiger charge is 2.20. The van der Waals surface area contributed by atoms with Crippen LogP contribution in [0.1, 0.15) is 36.6 Å². The molecular weight excluding hydrogens is 252 g/mol. The summed E-state index contributed by atoms with van der Waals surface area (Å²) in [5.74, 6) is -0.409. The van der Waals surface area contributed by atoms with Crippen LogP contribution in [0, 0.1) is 0 Å². The third kappa shape index (κ3) is 3.42. The molecule has 0 aliphatic heterocycles. The highest BCUT2D eigenvalue weighted by Crippen LogP contribution is 2.18. The number of pyridine rings is 1. The van der Waals surface area contributed by atoms with E-state index in [9.17, 15) is 9.90 Å². The first kappa shape index (κ1) is 14.2. The van der Waals surface area contributed by atoms with Crippen LogP contribution in [-0.4, -0.2) is 16.0 Å². The Morgan fingerprint density at radius 3 is 2.50 bits per heavy atom. The van der Waals surface area contributed by atoms with Gasteiger partial charge in [-0.15, -0.1) is 0 Å². The summed E-state index contributed by atoms with van der Waals surface area (Å²) in [6, 6.07) is 13.0. The third-order valence-electron chi connectivity index (χ3n) is 3.18. The van der Waals surface area contributed by atoms with Gasteiger partial charge in [0.25, 0.3) is 5.91 Å². The van der Waals surface area contributed by atoms with Crippen LogP contribution in [0.5, 0.6) is 0 Å². The zero-order valence-corrected chi connectivity index (χ0v) is 11.4. The van der Waals surface area contributed by atoms with Crippen molar-refractivity contribution < 1.29 is 9.90 Å². The minimum atomic E-state index is -1.19. The zero-order chi connectivity index (χ0) is 14.4. The van der Waals surface area contributed by atoms with Crippen molar-refractivity contribution in [3.05, 3.63) is 66.0 Å². The van der Waals surface area contributed by atoms with Gasteiger partial charge in [0.15, 0.2) is 6.10 Å². The molecule has 0 spiro atoms. The van der Waals surface area contributed by atoms with Gasteiger partial charge in [-0.3, -0.25) is 9.78 Å². The minimum Gasteiger partial charge on any atom is -0.378 e. The molecule has 0 aliphatic rings. The lowest BCUT2D eigenvalue weighted by atomic mass is 10.0. The Morgan fingerprint density at radius 2 is 1.90 bits per heavy atom. The van der Waals surface area contributed by atoms with E-state index in [4.69, 9.17) is 0 Å². The zero-order valence-electron chi connectivity index (χ0n) is 11.4. The van der Waals surface area contributed by atoms with Crippen LogP contribution in [0.3, 0.4) is 0 Å². The van der Waals surface area contributed by atoms with Crippen molar-refractivity contribution in [2.75, 3.05) is 0 Å². The van der Waals surface area contributed by atoms with Crippen molar-refractivity contribution in [2.45, 2.75) is 25.5 Å². The molecule has 1 amide bonds. The van der Waals surface area contributed by atoms with Crippen LogP contribution in [0.15, 0.2) is 54.9 Å². The molecule has 0 saturated heterocycles. The van der Waals surface area contributed by atoms with E-state index in [0.717, 1.165) is 12.0 Å². The fourth-order valence-corrected chi connectivity index (χ4v) is 2.05. The molecule has 1 aromatic heterocycles. The predicted molar refractivity (Wildman–Crippen MR) is 76.8 cm³/mol. The molecule has 0 bridgehead atoms. The number of carbonyl (C=O) groups is 1. The fourth-order valence-electron chi connectivity index (χ4n) is 2.05. The summed E-state index contributed by atoms with van der Waals surface area (Å²) in [6.45, 7) is 1.99. The van der Waals surface area contributed by atoms with E-state index in [0.29, 0.717) is 5.56 Å². The maximum atomic E-state index is 12.1. The van der Waals surface area contributed by atoms with Crippen LogP contribution in [-0.2, 0) is 4.79 Å². The van der Waals surface area contributed by atoms with Crippen molar-refractivity contribution in [1.29, 1.82) is 0 Å². The quantitative estimate of drug-likeness (QED) is 0.877. The van der Waals surface area contributed by atoms with E-state index in [-0.39, 0.29) is 6.04 Å². The van der Waals surface area contributed by atoms with E-state index < -0.39 is 12.0 Å². The number of aliphatic hydroxyl groups excluding tert-OH is 1. The molecule has 2 atom stereocenters. The van der Waals surface area contributed by atoms with Gasteiger partial charge in [0.05, 0.1) is 6.04 Å². The van der Waals surface area contributed by atoms with Gasteiger partial charge in [-0.1, -0.05) is 43.3 Å². The SMILES string of the molecule is CC[C@H](NC(=O)[C@@H](O)c1cccnc1)c1ccccc1. The third-order valence-corrected chi connectivity index (χ3v) is 3.18. The largest absolute Gasteiger partial charge is 0.378 e. The summed E-state index contributed by atoms with van der Waals surface area (Å²) in [5.41, 5.74) is 1.52. The van der Waals surface area contributed by atoms with Gasteiger partial charge in [-0.2, -0.15) is 0 Å². The van der Waals surface area contributed by atoms with Crippen LogP contribution < -0.4 is 5.32 Å². The van der Waals surface area contributed by atoms with Gasteiger partial charge < -0.3 is 10.4 Å². The molecule has 1 heterocycles. The number of aromatic nitrogens is 1. The van der Waals surface area contributed by atoms with Crippen LogP contribution in [0.25, 0.3) is 0 Å². The van der Waals surface area contributed by atoms with Crippen LogP contribution in [0.2, 0.25) is 0 Å². The first-order chi connectivity index (χ1) is 9.72. The molecule has 0 fully saturated rings. The molecule has 2 rings (SSSR count). The number of rotatable bonds is 5. The molecule has 2 N–H and O–H groups in total. The van der Waals surface area contributed by atoms with Crippen molar-refractivity contribution in [1.82, 2.24) is 10.3 Å². The highest BCUT2D eigenvalue weighted by atomic mass is 16.3. The van der Waals surface area contributed by atoms with Gasteiger partial charge in [0.2, 0.25) is 0 Å². The Kier molecular flexibility index (Phi) is 4.85. The smallest absolute Gasteiger partial charge is 0.254 e. The van der Waals surface area contributed by atoms with Gasteiger partial charge >= 0.3 is 0 Å². The molecule has 0 aliphatic carbocycles. The number of hydrogen-bond acceptors (Lipinski definition) is 3. The molecule has 20 heavy (non-hydrogen) atoms. The van der Waals surface area contributed by atoms with Gasteiger partial charge in [-0.25, -0.2) is 0 Å². The molecule has 4 nitrogen and oxygen atoms in total. The number of carbonyl (C=O) groups excluding carboxylic acids is 1. The molecule has 2 aromatic rings. The molecule has 0 unspecified atom stereocenters. The van der Waals surface area contributed by atoms with E-state index in [2.05, 4.69) is 10.3 Å². The lowest BCUT2D eigenvalue weighted by Crippen LogP contribution is -2.32. The first-order valence-corrected chi connectivity index (χ1v) is 6.65. The number of amides is 1. The summed E-state index contributed by atoms with van der Waals surface area (Å²) in [4.78, 5) is 16.0. The Morgan fingerprint density at radius 1 is 1.20 bits per heavy atom. The Balaban J connectivity index is 2.06. The van der Waals surface area contributed by atoms with E-state index >= 15 is 0 Å². The summed E-state index contributed by atoms with van der Waals surface area (Å²) in [7, 11) is 0. The summed E-state index contributed by atoms with van der Waals surface area (Å²) < 4.78 is 0. The first-order valence-electron chi connectivity index (χ1n) is 6.65. The second kappa shape index (κ2) is 6.82. The van der Waals surface area contributed by atoms with Gasteiger partial charge in [0.1, 0.15) is 0 Å². The maximum Gasteiger partial charge on any atom is 0.254 e. The lowest BCUT2D eigenvalue weighted by molar-refractivity contribution is -0.130. The van der Waals surface area contributed by atoms with E-state index in [1.165, 1.54) is 6.20 Å². The summed E-state index contributed by atoms with van der Waals surface area (Å²) in [6.07, 6.45) is 2.66. The van der Waals surface area contributed by atoms with Gasteiger partial charge in [0, 0.05) is 18.0 Å². The second-order valence-electron chi connectivity index (χ2n) is 4.57. The van der Waals surface area contributed by atoms with E-state index in [1.807, 2.05) is 37.3 Å². The van der Waals surface area contributed by atoms with Crippen molar-refractivity contribution >= 4 is 5.91 Å². The Bertz CT molecular complexity index is 543. The molecule has 0 saturated carbocycles. The number of aliphatic hydroxyl groups is 1. The van der Waals surface area contributed by atoms with Crippen molar-refractivity contribution in [2.24, 2.45) is 0 Å². The van der Waals surface area contributed by atoms with E-state index in [1.54, 1.807) is 18.3 Å². The summed E-state index contributed by atoms with van der Waals surface area (Å²) >= 11 is 0. The monoisotopic (exact) mass is 270 g/mol. The van der Waals surface area contributed by atoms with Crippen molar-refractivity contribution in [3.63, 3.8) is 0 Å². The topological polar surface area (TPSA) is 62.2 Å². The Hall–Kier alpha value is -2.20. The van der Waals surface area contributed by atoms with Crippen molar-refractivity contribution in [3.8, 4) is 0 Å². The molecule has 1 aromatic carbocycles. The molecule has 104 valence electrons. The number of nitrogens with zero attached hydrogens (tertiary/aromatic N) is 1. The molecule has 0 radical (unpaired) electrons. The average Bonchev–Trinajstić information content (AvgIpc) is 2.53. The number of nitrogens with one attached hydrogen (secondary N) is 1. The number of hydrogen-bond donors (Lipinski definition) is 2. The minimum absolute atomic E-state index is 0.102. The number of benzene rings is 1. The normalized spacial score (nSPS) is 13.5. The second-order valence-corrected chi connectivity index (χ2v) is 4.57. The maximum absolute atomic E-state index is 12.1. The molecule has 4 heteroatoms. The summed E-state index contributed by atoms with van der Waals surface area (Å²) in [5, 5.41) is 12.9. The van der Waals surface area contributed by atoms with Gasteiger partial charge in [-0.05, 0) is 18.1 Å².